The third-order valence-corrected chi connectivity index (χ3v) is 0. The molecule has 0 amide bonds. The second-order valence-electron chi connectivity index (χ2n) is 0.798. The van der Waals surface area contributed by atoms with Crippen molar-refractivity contribution >= 4 is 18.5 Å². The summed E-state index contributed by atoms with van der Waals surface area (Å²) in [5.41, 5.74) is 0. The van der Waals surface area contributed by atoms with Crippen molar-refractivity contribution in [2.75, 3.05) is 0 Å². The van der Waals surface area contributed by atoms with Crippen molar-refractivity contribution in [3.63, 3.8) is 0 Å². The summed E-state index contributed by atoms with van der Waals surface area (Å²) in [6.07, 6.45) is -6.25. The fraction of sp³-hybridized carbons (Fsp3) is 0. The van der Waals surface area contributed by atoms with Crippen molar-refractivity contribution in [3.05, 3.63) is 0 Å². The molecule has 0 aliphatic rings. The molecule has 3 N–H and O–H groups in total. The molecule has 0 aromatic heterocycles. The summed E-state index contributed by atoms with van der Waals surface area (Å²) in [5.74, 6) is 0. The molecule has 0 aromatic carbocycles. The normalized spacial score (nSPS) is 4.80. The molecule has 0 aromatic rings. The Labute approximate surface area is 207 Å². The predicted octanol–water partition coefficient (Wildman–Crippen LogP) is -12.3. The Morgan fingerprint density at radius 3 is 0.867 bits per heavy atom. The number of carbonyl (C=O) groups is 3. The largest absolute Gasteiger partial charge is 1.00 e. The first kappa shape index (κ1) is 36.0. The molecule has 72 valence electrons. The van der Waals surface area contributed by atoms with E-state index in [1.165, 1.54) is 0 Å². The molecule has 0 saturated carbocycles. The molecule has 0 rings (SSSR count). The van der Waals surface area contributed by atoms with Gasteiger partial charge in [-0.15, -0.1) is 0 Å². The van der Waals surface area contributed by atoms with E-state index in [4.69, 9.17) is 45.0 Å². The van der Waals surface area contributed by atoms with E-state index in [-0.39, 0.29) is 150 Å². The molecular weight excluding hydrogens is 375 g/mol. The summed E-state index contributed by atoms with van der Waals surface area (Å²) in [5, 5.41) is 45.9. The molecule has 0 unspecified atom stereocenters. The molecule has 0 fully saturated rings. The van der Waals surface area contributed by atoms with Gasteiger partial charge in [-0.25, -0.2) is 4.79 Å². The minimum atomic E-state index is -2.33. The molecule has 0 spiro atoms. The fourth-order valence-corrected chi connectivity index (χ4v) is 0. The van der Waals surface area contributed by atoms with Crippen molar-refractivity contribution in [2.24, 2.45) is 0 Å². The first-order valence-electron chi connectivity index (χ1n) is 1.90. The Balaban J connectivity index is -0.0000000184. The fourth-order valence-electron chi connectivity index (χ4n) is 0. The number of carbonyl (C=O) groups excluding carboxylic acids is 1. The first-order chi connectivity index (χ1) is 5.20. The molecular formula is C3H3CsKNaO9. The molecule has 0 heterocycles. The molecule has 9 nitrogen and oxygen atoms in total. The number of rotatable bonds is 0. The van der Waals surface area contributed by atoms with E-state index in [0.717, 1.165) is 0 Å². The number of hydrogen-bond acceptors (Lipinski definition) is 6. The first-order valence-corrected chi connectivity index (χ1v) is 1.90. The van der Waals surface area contributed by atoms with Crippen LogP contribution < -0.4 is 165 Å². The van der Waals surface area contributed by atoms with Crippen LogP contribution in [0.2, 0.25) is 0 Å². The summed E-state index contributed by atoms with van der Waals surface area (Å²) >= 11 is 0. The molecule has 0 radical (unpaired) electrons. The summed E-state index contributed by atoms with van der Waals surface area (Å²) in [6, 6.07) is 0. The van der Waals surface area contributed by atoms with Crippen LogP contribution in [0.5, 0.6) is 0 Å². The van der Waals surface area contributed by atoms with Gasteiger partial charge in [0.05, 0.1) is 0 Å². The molecule has 15 heavy (non-hydrogen) atoms. The van der Waals surface area contributed by atoms with Gasteiger partial charge in [-0.05, 0) is 6.16 Å². The second kappa shape index (κ2) is 30.0. The van der Waals surface area contributed by atoms with Crippen LogP contribution in [0.3, 0.4) is 0 Å². The van der Waals surface area contributed by atoms with Crippen LogP contribution in [0.1, 0.15) is 0 Å². The van der Waals surface area contributed by atoms with Gasteiger partial charge < -0.3 is 40.2 Å². The SMILES string of the molecule is O=C(O)O.O=C([O-])O.O=C([O-])[O-].[Cs+].[K+].[Na+]. The van der Waals surface area contributed by atoms with E-state index in [0.29, 0.717) is 0 Å². The van der Waals surface area contributed by atoms with E-state index < -0.39 is 18.5 Å². The van der Waals surface area contributed by atoms with Crippen LogP contribution in [0, 0.1) is 0 Å². The molecule has 0 bridgehead atoms. The Morgan fingerprint density at radius 1 is 0.867 bits per heavy atom. The maximum absolute atomic E-state index is 8.56. The summed E-state index contributed by atoms with van der Waals surface area (Å²) in [7, 11) is 0. The monoisotopic (exact) mass is 378 g/mol. The summed E-state index contributed by atoms with van der Waals surface area (Å²) in [6.45, 7) is 0. The zero-order valence-electron chi connectivity index (χ0n) is 8.29. The zero-order valence-corrected chi connectivity index (χ0v) is 19.7. The second-order valence-corrected chi connectivity index (χ2v) is 0.798. The van der Waals surface area contributed by atoms with Gasteiger partial charge in [-0.3, -0.25) is 0 Å². The molecule has 0 atom stereocenters. The van der Waals surface area contributed by atoms with Crippen LogP contribution in [-0.4, -0.2) is 33.8 Å². The average molecular weight is 378 g/mol. The van der Waals surface area contributed by atoms with Gasteiger partial charge >= 0.3 is 156 Å². The molecule has 0 aliphatic heterocycles. The van der Waals surface area contributed by atoms with Crippen molar-refractivity contribution in [1.29, 1.82) is 0 Å². The summed E-state index contributed by atoms with van der Waals surface area (Å²) in [4.78, 5) is 25.3. The van der Waals surface area contributed by atoms with Crippen molar-refractivity contribution in [1.82, 2.24) is 0 Å². The topological polar surface area (TPSA) is 181 Å². The molecule has 12 heteroatoms. The van der Waals surface area contributed by atoms with E-state index >= 15 is 0 Å². The van der Waals surface area contributed by atoms with E-state index in [1.54, 1.807) is 0 Å². The van der Waals surface area contributed by atoms with Gasteiger partial charge in [-0.1, -0.05) is 0 Å². The Morgan fingerprint density at radius 2 is 0.867 bits per heavy atom. The van der Waals surface area contributed by atoms with Gasteiger partial charge in [0.25, 0.3) is 0 Å². The molecule has 0 saturated heterocycles. The van der Waals surface area contributed by atoms with Gasteiger partial charge in [-0.2, -0.15) is 0 Å². The Kier molecular flexibility index (Phi) is 72.0. The maximum Gasteiger partial charge on any atom is 1.00 e. The van der Waals surface area contributed by atoms with Crippen molar-refractivity contribution in [2.45, 2.75) is 0 Å². The van der Waals surface area contributed by atoms with Crippen molar-refractivity contribution in [3.8, 4) is 0 Å². The van der Waals surface area contributed by atoms with Crippen LogP contribution in [-0.2, 0) is 0 Å². The van der Waals surface area contributed by atoms with Crippen molar-refractivity contribution < 1.29 is 195 Å². The maximum atomic E-state index is 8.56. The van der Waals surface area contributed by atoms with Crippen LogP contribution in [0.4, 0.5) is 14.4 Å². The van der Waals surface area contributed by atoms with E-state index in [1.807, 2.05) is 0 Å². The van der Waals surface area contributed by atoms with E-state index in [2.05, 4.69) is 0 Å². The molecule has 0 aliphatic carbocycles. The Hall–Kier alpha value is 2.50. The van der Waals surface area contributed by atoms with E-state index in [9.17, 15) is 0 Å². The minimum Gasteiger partial charge on any atom is -0.652 e. The van der Waals surface area contributed by atoms with Gasteiger partial charge in [0.1, 0.15) is 0 Å². The quantitative estimate of drug-likeness (QED) is 0.345. The van der Waals surface area contributed by atoms with Crippen LogP contribution in [0.25, 0.3) is 0 Å². The third-order valence-electron chi connectivity index (χ3n) is 0. The number of carboxylic acid groups (broad SMARTS) is 6. The minimum absolute atomic E-state index is 0. The van der Waals surface area contributed by atoms with Crippen LogP contribution >= 0.6 is 0 Å². The van der Waals surface area contributed by atoms with Gasteiger partial charge in [0.2, 0.25) is 6.16 Å². The van der Waals surface area contributed by atoms with Gasteiger partial charge in [0.15, 0.2) is 0 Å². The number of hydrogen-bond donors (Lipinski definition) is 3. The standard InChI is InChI=1S/3CH2O3.Cs.K.Na/c3*2-1(3)4;;;/h3*(H2,2,3,4);;;/q;;;3*+1/p-3. The smallest absolute Gasteiger partial charge is 0.652 e. The predicted molar refractivity (Wildman–Crippen MR) is 24.1 cm³/mol. The summed E-state index contributed by atoms with van der Waals surface area (Å²) < 4.78 is 0. The average Bonchev–Trinajstić information content (AvgIpc) is 1.54. The Bertz CT molecular complexity index is 123. The van der Waals surface area contributed by atoms with Gasteiger partial charge in [0, 0.05) is 0 Å². The zero-order chi connectivity index (χ0) is 10.7. The third kappa shape index (κ3) is 556. The van der Waals surface area contributed by atoms with Crippen LogP contribution in [0.15, 0.2) is 0 Å².